The van der Waals surface area contributed by atoms with Crippen LogP contribution < -0.4 is 5.73 Å². The molecule has 0 amide bonds. The van der Waals surface area contributed by atoms with Crippen LogP contribution >= 0.6 is 11.3 Å². The van der Waals surface area contributed by atoms with Gasteiger partial charge >= 0.3 is 0 Å². The fourth-order valence-electron chi connectivity index (χ4n) is 0.986. The summed E-state index contributed by atoms with van der Waals surface area (Å²) >= 11 is 1.55. The summed E-state index contributed by atoms with van der Waals surface area (Å²) < 4.78 is 0. The zero-order valence-electron chi connectivity index (χ0n) is 7.19. The first-order valence-electron chi connectivity index (χ1n) is 3.98. The van der Waals surface area contributed by atoms with Crippen molar-refractivity contribution in [2.45, 2.75) is 13.0 Å². The lowest BCUT2D eigenvalue weighted by atomic mass is 10.3. The Bertz CT molecular complexity index is 377. The van der Waals surface area contributed by atoms with E-state index < -0.39 is 0 Å². The van der Waals surface area contributed by atoms with Gasteiger partial charge in [0.1, 0.15) is 0 Å². The summed E-state index contributed by atoms with van der Waals surface area (Å²) in [5, 5.41) is 2.85. The van der Waals surface area contributed by atoms with E-state index in [4.69, 9.17) is 5.73 Å². The van der Waals surface area contributed by atoms with Crippen LogP contribution in [0.15, 0.2) is 17.8 Å². The molecule has 4 nitrogen and oxygen atoms in total. The highest BCUT2D eigenvalue weighted by atomic mass is 32.1. The third-order valence-electron chi connectivity index (χ3n) is 1.69. The van der Waals surface area contributed by atoms with Crippen LogP contribution in [0.25, 0.3) is 10.8 Å². The second kappa shape index (κ2) is 3.27. The van der Waals surface area contributed by atoms with Gasteiger partial charge in [0, 0.05) is 23.8 Å². The van der Waals surface area contributed by atoms with Gasteiger partial charge in [-0.2, -0.15) is 0 Å². The molecule has 1 unspecified atom stereocenters. The second-order valence-electron chi connectivity index (χ2n) is 2.80. The molecule has 0 saturated carbocycles. The molecule has 0 aliphatic carbocycles. The van der Waals surface area contributed by atoms with Gasteiger partial charge in [0.2, 0.25) is 0 Å². The van der Waals surface area contributed by atoms with Gasteiger partial charge in [0.25, 0.3) is 0 Å². The minimum atomic E-state index is -0.0139. The Kier molecular flexibility index (Phi) is 2.12. The lowest BCUT2D eigenvalue weighted by Crippen LogP contribution is -2.04. The Labute approximate surface area is 79.8 Å². The maximum Gasteiger partial charge on any atom is 0.166 e. The van der Waals surface area contributed by atoms with E-state index in [1.807, 2.05) is 12.3 Å². The number of rotatable bonds is 2. The predicted octanol–water partition coefficient (Wildman–Crippen LogP) is 1.55. The SMILES string of the molecule is CC(N)c1csc(-c2ncc[nH]2)n1. The topological polar surface area (TPSA) is 67.6 Å². The van der Waals surface area contributed by atoms with E-state index in [-0.39, 0.29) is 6.04 Å². The fraction of sp³-hybridized carbons (Fsp3) is 0.250. The summed E-state index contributed by atoms with van der Waals surface area (Å²) in [6, 6.07) is -0.0139. The van der Waals surface area contributed by atoms with Crippen LogP contribution in [0.2, 0.25) is 0 Å². The quantitative estimate of drug-likeness (QED) is 0.762. The average molecular weight is 194 g/mol. The number of imidazole rings is 1. The van der Waals surface area contributed by atoms with Crippen LogP contribution in [0.5, 0.6) is 0 Å². The van der Waals surface area contributed by atoms with Crippen molar-refractivity contribution in [3.8, 4) is 10.8 Å². The number of aromatic amines is 1. The van der Waals surface area contributed by atoms with E-state index in [2.05, 4.69) is 15.0 Å². The Hall–Kier alpha value is -1.20. The Morgan fingerprint density at radius 1 is 1.62 bits per heavy atom. The van der Waals surface area contributed by atoms with Gasteiger partial charge in [0.05, 0.1) is 5.69 Å². The number of hydrogen-bond donors (Lipinski definition) is 2. The van der Waals surface area contributed by atoms with E-state index in [1.165, 1.54) is 0 Å². The van der Waals surface area contributed by atoms with Gasteiger partial charge in [-0.15, -0.1) is 11.3 Å². The van der Waals surface area contributed by atoms with Crippen molar-refractivity contribution in [2.24, 2.45) is 5.73 Å². The molecule has 0 saturated heterocycles. The Morgan fingerprint density at radius 3 is 3.00 bits per heavy atom. The first kappa shape index (κ1) is 8.40. The molecule has 0 fully saturated rings. The zero-order valence-corrected chi connectivity index (χ0v) is 8.01. The molecule has 2 aromatic heterocycles. The summed E-state index contributed by atoms with van der Waals surface area (Å²) in [6.07, 6.45) is 3.49. The number of hydrogen-bond acceptors (Lipinski definition) is 4. The number of nitrogens with one attached hydrogen (secondary N) is 1. The minimum Gasteiger partial charge on any atom is -0.343 e. The van der Waals surface area contributed by atoms with Crippen molar-refractivity contribution >= 4 is 11.3 Å². The largest absolute Gasteiger partial charge is 0.343 e. The predicted molar refractivity (Wildman–Crippen MR) is 52.3 cm³/mol. The lowest BCUT2D eigenvalue weighted by Gasteiger charge is -1.96. The van der Waals surface area contributed by atoms with Crippen molar-refractivity contribution in [3.63, 3.8) is 0 Å². The first-order chi connectivity index (χ1) is 6.27. The number of nitrogens with two attached hydrogens (primary N) is 1. The van der Waals surface area contributed by atoms with Crippen molar-refractivity contribution in [1.29, 1.82) is 0 Å². The molecule has 0 aliphatic rings. The van der Waals surface area contributed by atoms with E-state index in [0.29, 0.717) is 0 Å². The monoisotopic (exact) mass is 194 g/mol. The molecular weight excluding hydrogens is 184 g/mol. The summed E-state index contributed by atoms with van der Waals surface area (Å²) in [7, 11) is 0. The van der Waals surface area contributed by atoms with Gasteiger partial charge in [-0.25, -0.2) is 9.97 Å². The molecule has 0 bridgehead atoms. The van der Waals surface area contributed by atoms with Gasteiger partial charge in [-0.1, -0.05) is 0 Å². The molecule has 3 N–H and O–H groups in total. The number of aromatic nitrogens is 3. The minimum absolute atomic E-state index is 0.0139. The van der Waals surface area contributed by atoms with Crippen LogP contribution in [0, 0.1) is 0 Å². The lowest BCUT2D eigenvalue weighted by molar-refractivity contribution is 0.790. The summed E-state index contributed by atoms with van der Waals surface area (Å²) in [5.74, 6) is 0.803. The molecule has 0 radical (unpaired) electrons. The Balaban J connectivity index is 2.33. The molecule has 0 aliphatic heterocycles. The van der Waals surface area contributed by atoms with E-state index in [0.717, 1.165) is 16.5 Å². The van der Waals surface area contributed by atoms with Crippen LogP contribution in [-0.4, -0.2) is 15.0 Å². The van der Waals surface area contributed by atoms with Crippen molar-refractivity contribution in [3.05, 3.63) is 23.5 Å². The molecule has 0 aromatic carbocycles. The van der Waals surface area contributed by atoms with Gasteiger partial charge in [0.15, 0.2) is 10.8 Å². The third-order valence-corrected chi connectivity index (χ3v) is 2.56. The van der Waals surface area contributed by atoms with Crippen molar-refractivity contribution in [1.82, 2.24) is 15.0 Å². The highest BCUT2D eigenvalue weighted by molar-refractivity contribution is 7.13. The first-order valence-corrected chi connectivity index (χ1v) is 4.86. The second-order valence-corrected chi connectivity index (χ2v) is 3.66. The highest BCUT2D eigenvalue weighted by Crippen LogP contribution is 2.22. The number of thiazole rings is 1. The summed E-state index contributed by atoms with van der Waals surface area (Å²) in [4.78, 5) is 11.5. The van der Waals surface area contributed by atoms with Gasteiger partial charge in [-0.3, -0.25) is 0 Å². The van der Waals surface area contributed by atoms with Crippen LogP contribution in [0.3, 0.4) is 0 Å². The van der Waals surface area contributed by atoms with Crippen LogP contribution in [-0.2, 0) is 0 Å². The zero-order chi connectivity index (χ0) is 9.26. The molecule has 1 atom stereocenters. The standard InChI is InChI=1S/C8H10N4S/c1-5(9)6-4-13-8(12-6)7-10-2-3-11-7/h2-5H,9H2,1H3,(H,10,11). The van der Waals surface area contributed by atoms with Crippen LogP contribution in [0.4, 0.5) is 0 Å². The summed E-state index contributed by atoms with van der Waals surface area (Å²) in [6.45, 7) is 1.92. The maximum absolute atomic E-state index is 5.69. The average Bonchev–Trinajstić information content (AvgIpc) is 2.75. The smallest absolute Gasteiger partial charge is 0.166 e. The van der Waals surface area contributed by atoms with Gasteiger partial charge < -0.3 is 10.7 Å². The molecular formula is C8H10N4S. The van der Waals surface area contributed by atoms with E-state index in [1.54, 1.807) is 23.7 Å². The molecule has 13 heavy (non-hydrogen) atoms. The molecule has 2 rings (SSSR count). The van der Waals surface area contributed by atoms with Crippen molar-refractivity contribution < 1.29 is 0 Å². The highest BCUT2D eigenvalue weighted by Gasteiger charge is 2.08. The fourth-order valence-corrected chi connectivity index (χ4v) is 1.87. The van der Waals surface area contributed by atoms with E-state index in [9.17, 15) is 0 Å². The maximum atomic E-state index is 5.69. The molecule has 2 heterocycles. The third kappa shape index (κ3) is 1.61. The molecule has 68 valence electrons. The molecule has 0 spiro atoms. The van der Waals surface area contributed by atoms with Gasteiger partial charge in [-0.05, 0) is 6.92 Å². The molecule has 2 aromatic rings. The summed E-state index contributed by atoms with van der Waals surface area (Å²) in [5.41, 5.74) is 6.61. The Morgan fingerprint density at radius 2 is 2.46 bits per heavy atom. The van der Waals surface area contributed by atoms with Crippen molar-refractivity contribution in [2.75, 3.05) is 0 Å². The molecule has 5 heteroatoms. The normalized spacial score (nSPS) is 13.1. The van der Waals surface area contributed by atoms with Crippen LogP contribution in [0.1, 0.15) is 18.7 Å². The van der Waals surface area contributed by atoms with E-state index >= 15 is 0 Å². The number of H-pyrrole nitrogens is 1. The number of nitrogens with zero attached hydrogens (tertiary/aromatic N) is 2.